The number of carbonyl (C=O) groups is 3. The number of fused-ring (bicyclic) bond motifs is 3. The number of piperidine rings is 3. The van der Waals surface area contributed by atoms with Gasteiger partial charge in [0.15, 0.2) is 5.78 Å². The largest absolute Gasteiger partial charge is 0.465 e. The summed E-state index contributed by atoms with van der Waals surface area (Å²) in [6, 6.07) is -0.272. The molecule has 19 heavy (non-hydrogen) atoms. The van der Waals surface area contributed by atoms with Crippen LogP contribution in [0, 0.1) is 11.8 Å². The first-order valence-electron chi connectivity index (χ1n) is 6.99. The highest BCUT2D eigenvalue weighted by Gasteiger charge is 2.43. The lowest BCUT2D eigenvalue weighted by molar-refractivity contribution is -0.153. The van der Waals surface area contributed by atoms with Gasteiger partial charge in [-0.1, -0.05) is 0 Å². The minimum Gasteiger partial charge on any atom is -0.465 e. The van der Waals surface area contributed by atoms with E-state index in [0.717, 1.165) is 25.9 Å². The summed E-state index contributed by atoms with van der Waals surface area (Å²) >= 11 is 0. The predicted molar refractivity (Wildman–Crippen MR) is 68.5 cm³/mol. The highest BCUT2D eigenvalue weighted by Crippen LogP contribution is 2.32. The Bertz CT molecular complexity index is 385. The fourth-order valence-electron chi connectivity index (χ4n) is 3.11. The van der Waals surface area contributed by atoms with Gasteiger partial charge in [-0.25, -0.2) is 0 Å². The summed E-state index contributed by atoms with van der Waals surface area (Å²) < 4.78 is 4.93. The van der Waals surface area contributed by atoms with Crippen LogP contribution >= 0.6 is 0 Å². The molecule has 2 unspecified atom stereocenters. The second-order valence-electron chi connectivity index (χ2n) is 5.38. The molecule has 0 aromatic carbocycles. The molecule has 3 rings (SSSR count). The standard InChI is InChI=1S/C14H21NO4/c1-3-19-14(18)11(9(2)16)8-12-13(17)10-4-6-15(12)7-5-10/h10-12H,3-8H2,1-2H3. The number of Topliss-reactive ketones (excluding diaryl/α,β-unsaturated/α-hetero) is 2. The maximum Gasteiger partial charge on any atom is 0.316 e. The van der Waals surface area contributed by atoms with E-state index in [1.807, 2.05) is 0 Å². The molecule has 5 nitrogen and oxygen atoms in total. The van der Waals surface area contributed by atoms with Gasteiger partial charge < -0.3 is 4.74 Å². The van der Waals surface area contributed by atoms with Crippen molar-refractivity contribution in [2.24, 2.45) is 11.8 Å². The van der Waals surface area contributed by atoms with Crippen molar-refractivity contribution in [2.75, 3.05) is 19.7 Å². The van der Waals surface area contributed by atoms with E-state index in [2.05, 4.69) is 4.90 Å². The fraction of sp³-hybridized carbons (Fsp3) is 0.786. The summed E-state index contributed by atoms with van der Waals surface area (Å²) in [7, 11) is 0. The molecule has 3 saturated heterocycles. The number of esters is 1. The van der Waals surface area contributed by atoms with Gasteiger partial charge in [0.2, 0.25) is 0 Å². The van der Waals surface area contributed by atoms with Crippen LogP contribution < -0.4 is 0 Å². The second kappa shape index (κ2) is 5.82. The van der Waals surface area contributed by atoms with E-state index in [-0.39, 0.29) is 36.6 Å². The van der Waals surface area contributed by atoms with E-state index in [1.165, 1.54) is 6.92 Å². The summed E-state index contributed by atoms with van der Waals surface area (Å²) in [6.07, 6.45) is 2.11. The Kier molecular flexibility index (Phi) is 4.34. The van der Waals surface area contributed by atoms with E-state index >= 15 is 0 Å². The van der Waals surface area contributed by atoms with E-state index in [4.69, 9.17) is 4.74 Å². The van der Waals surface area contributed by atoms with Gasteiger partial charge in [-0.2, -0.15) is 0 Å². The van der Waals surface area contributed by atoms with Crippen LogP contribution in [-0.2, 0) is 19.1 Å². The molecule has 3 aliphatic heterocycles. The maximum atomic E-state index is 12.2. The Hall–Kier alpha value is -1.23. The smallest absolute Gasteiger partial charge is 0.316 e. The molecule has 2 bridgehead atoms. The third kappa shape index (κ3) is 2.86. The number of ether oxygens (including phenoxy) is 1. The van der Waals surface area contributed by atoms with E-state index in [1.54, 1.807) is 6.92 Å². The minimum atomic E-state index is -0.798. The fourth-order valence-corrected chi connectivity index (χ4v) is 3.11. The molecule has 5 heteroatoms. The zero-order valence-corrected chi connectivity index (χ0v) is 11.6. The topological polar surface area (TPSA) is 63.7 Å². The van der Waals surface area contributed by atoms with Crippen molar-refractivity contribution in [3.63, 3.8) is 0 Å². The number of rotatable bonds is 5. The number of carbonyl (C=O) groups excluding carboxylic acids is 3. The molecule has 3 heterocycles. The quantitative estimate of drug-likeness (QED) is 0.545. The van der Waals surface area contributed by atoms with Gasteiger partial charge in [0, 0.05) is 5.92 Å². The van der Waals surface area contributed by atoms with Crippen LogP contribution in [0.25, 0.3) is 0 Å². The van der Waals surface area contributed by atoms with Crippen LogP contribution in [0.2, 0.25) is 0 Å². The number of hydrogen-bond acceptors (Lipinski definition) is 5. The van der Waals surface area contributed by atoms with Gasteiger partial charge in [0.1, 0.15) is 11.7 Å². The van der Waals surface area contributed by atoms with Crippen LogP contribution in [0.1, 0.15) is 33.1 Å². The van der Waals surface area contributed by atoms with Crippen molar-refractivity contribution in [2.45, 2.75) is 39.2 Å². The first-order valence-corrected chi connectivity index (χ1v) is 6.99. The van der Waals surface area contributed by atoms with Gasteiger partial charge in [-0.15, -0.1) is 0 Å². The van der Waals surface area contributed by atoms with Crippen LogP contribution in [0.5, 0.6) is 0 Å². The van der Waals surface area contributed by atoms with Gasteiger partial charge in [-0.05, 0) is 46.2 Å². The molecule has 0 N–H and O–H groups in total. The normalized spacial score (nSPS) is 31.1. The minimum absolute atomic E-state index is 0.129. The Morgan fingerprint density at radius 1 is 1.37 bits per heavy atom. The van der Waals surface area contributed by atoms with Crippen LogP contribution in [0.15, 0.2) is 0 Å². The zero-order valence-electron chi connectivity index (χ0n) is 11.6. The summed E-state index contributed by atoms with van der Waals surface area (Å²) in [5, 5.41) is 0. The molecule has 0 aliphatic carbocycles. The molecule has 3 aliphatic rings. The summed E-state index contributed by atoms with van der Waals surface area (Å²) in [4.78, 5) is 37.7. The third-order valence-corrected chi connectivity index (χ3v) is 4.22. The zero-order chi connectivity index (χ0) is 14.0. The molecule has 0 amide bonds. The van der Waals surface area contributed by atoms with E-state index in [9.17, 15) is 14.4 Å². The molecule has 0 radical (unpaired) electrons. The maximum absolute atomic E-state index is 12.2. The average molecular weight is 267 g/mol. The molecule has 0 spiro atoms. The van der Waals surface area contributed by atoms with E-state index in [0.29, 0.717) is 0 Å². The Morgan fingerprint density at radius 2 is 2.00 bits per heavy atom. The van der Waals surface area contributed by atoms with Gasteiger partial charge in [0.05, 0.1) is 12.6 Å². The SMILES string of the molecule is CCOC(=O)C(CC1C(=O)C2CCN1CC2)C(C)=O. The summed E-state index contributed by atoms with van der Waals surface area (Å²) in [6.45, 7) is 5.16. The van der Waals surface area contributed by atoms with Crippen molar-refractivity contribution >= 4 is 17.5 Å². The molecule has 2 atom stereocenters. The molecular weight excluding hydrogens is 246 g/mol. The predicted octanol–water partition coefficient (Wildman–Crippen LogP) is 0.808. The van der Waals surface area contributed by atoms with Crippen molar-refractivity contribution in [1.29, 1.82) is 0 Å². The molecule has 3 fully saturated rings. The second-order valence-corrected chi connectivity index (χ2v) is 5.38. The van der Waals surface area contributed by atoms with E-state index < -0.39 is 11.9 Å². The summed E-state index contributed by atoms with van der Waals surface area (Å²) in [5.41, 5.74) is 0. The lowest BCUT2D eigenvalue weighted by Crippen LogP contribution is -2.56. The number of ketones is 2. The van der Waals surface area contributed by atoms with Crippen molar-refractivity contribution in [1.82, 2.24) is 4.90 Å². The monoisotopic (exact) mass is 267 g/mol. The molecule has 0 aromatic rings. The number of hydrogen-bond donors (Lipinski definition) is 0. The Balaban J connectivity index is 2.06. The highest BCUT2D eigenvalue weighted by molar-refractivity contribution is 5.99. The number of nitrogens with zero attached hydrogens (tertiary/aromatic N) is 1. The molecule has 0 aromatic heterocycles. The first kappa shape index (κ1) is 14.2. The van der Waals surface area contributed by atoms with Gasteiger partial charge >= 0.3 is 5.97 Å². The summed E-state index contributed by atoms with van der Waals surface area (Å²) in [5.74, 6) is -1.18. The van der Waals surface area contributed by atoms with Gasteiger partial charge in [0.25, 0.3) is 0 Å². The molecule has 106 valence electrons. The third-order valence-electron chi connectivity index (χ3n) is 4.22. The van der Waals surface area contributed by atoms with Crippen molar-refractivity contribution < 1.29 is 19.1 Å². The lowest BCUT2D eigenvalue weighted by atomic mass is 9.78. The lowest BCUT2D eigenvalue weighted by Gasteiger charge is -2.44. The average Bonchev–Trinajstić information content (AvgIpc) is 2.38. The first-order chi connectivity index (χ1) is 9.04. The van der Waals surface area contributed by atoms with Crippen LogP contribution in [-0.4, -0.2) is 48.2 Å². The Morgan fingerprint density at radius 3 is 2.47 bits per heavy atom. The molecular formula is C14H21NO4. The Labute approximate surface area is 113 Å². The van der Waals surface area contributed by atoms with Crippen LogP contribution in [0.3, 0.4) is 0 Å². The molecule has 0 saturated carbocycles. The highest BCUT2D eigenvalue weighted by atomic mass is 16.5. The van der Waals surface area contributed by atoms with Crippen molar-refractivity contribution in [3.05, 3.63) is 0 Å². The van der Waals surface area contributed by atoms with Gasteiger partial charge in [-0.3, -0.25) is 19.3 Å². The van der Waals surface area contributed by atoms with Crippen LogP contribution in [0.4, 0.5) is 0 Å². The van der Waals surface area contributed by atoms with Crippen molar-refractivity contribution in [3.8, 4) is 0 Å².